The van der Waals surface area contributed by atoms with Crippen molar-refractivity contribution >= 4 is 28.3 Å². The first kappa shape index (κ1) is 16.4. The molecule has 1 nitrogen and oxygen atoms in total. The Morgan fingerprint density at radius 1 is 1.12 bits per heavy atom. The zero-order valence-corrected chi connectivity index (χ0v) is 11.2. The van der Waals surface area contributed by atoms with Crippen LogP contribution < -0.4 is 4.48 Å². The standard InChI is InChI=1S/C10H11ClF4N.Si/c1-16(2,3)7-5-4-6(11)8(9(7)12)10(13,14)15;/h4-5H,1-3H3;/q+1;. The van der Waals surface area contributed by atoms with E-state index in [1.165, 1.54) is 6.07 Å². The van der Waals surface area contributed by atoms with Gasteiger partial charge in [-0.1, -0.05) is 11.6 Å². The van der Waals surface area contributed by atoms with Gasteiger partial charge in [0.15, 0.2) is 11.5 Å². The molecule has 7 heteroatoms. The quantitative estimate of drug-likeness (QED) is 0.422. The number of benzene rings is 1. The van der Waals surface area contributed by atoms with Crippen molar-refractivity contribution < 1.29 is 17.6 Å². The van der Waals surface area contributed by atoms with E-state index in [0.717, 1.165) is 6.07 Å². The summed E-state index contributed by atoms with van der Waals surface area (Å²) < 4.78 is 51.3. The van der Waals surface area contributed by atoms with Gasteiger partial charge in [0.2, 0.25) is 0 Å². The number of nitrogens with zero attached hydrogens (tertiary/aromatic N) is 1. The van der Waals surface area contributed by atoms with Crippen LogP contribution in [0.3, 0.4) is 0 Å². The van der Waals surface area contributed by atoms with Crippen molar-refractivity contribution in [1.29, 1.82) is 0 Å². The molecule has 0 amide bonds. The first-order valence-corrected chi connectivity index (χ1v) is 4.80. The van der Waals surface area contributed by atoms with Crippen LogP contribution in [0.15, 0.2) is 12.1 Å². The SMILES string of the molecule is C[N+](C)(C)c1ccc(Cl)c(C(F)(F)F)c1F.[Si]. The lowest BCUT2D eigenvalue weighted by Crippen LogP contribution is -2.36. The maximum atomic E-state index is 13.7. The van der Waals surface area contributed by atoms with Crippen molar-refractivity contribution in [3.63, 3.8) is 0 Å². The Morgan fingerprint density at radius 3 is 1.94 bits per heavy atom. The van der Waals surface area contributed by atoms with Crippen LogP contribution >= 0.6 is 11.6 Å². The molecule has 0 atom stereocenters. The Hall–Kier alpha value is -0.593. The van der Waals surface area contributed by atoms with Crippen LogP contribution in [0.2, 0.25) is 5.02 Å². The smallest absolute Gasteiger partial charge is 0.296 e. The molecule has 0 unspecified atom stereocenters. The van der Waals surface area contributed by atoms with Gasteiger partial charge >= 0.3 is 6.18 Å². The minimum Gasteiger partial charge on any atom is -0.296 e. The monoisotopic (exact) mass is 284 g/mol. The number of alkyl halides is 3. The second kappa shape index (κ2) is 4.95. The molecule has 4 radical (unpaired) electrons. The van der Waals surface area contributed by atoms with Crippen molar-refractivity contribution in [2.24, 2.45) is 0 Å². The lowest BCUT2D eigenvalue weighted by molar-refractivity contribution is -0.139. The van der Waals surface area contributed by atoms with Crippen LogP contribution in [0.1, 0.15) is 5.56 Å². The predicted octanol–water partition coefficient (Wildman–Crippen LogP) is 3.31. The van der Waals surface area contributed by atoms with Gasteiger partial charge in [-0.15, -0.1) is 0 Å². The van der Waals surface area contributed by atoms with E-state index in [9.17, 15) is 17.6 Å². The molecule has 0 saturated heterocycles. The van der Waals surface area contributed by atoms with Crippen LogP contribution in [0.4, 0.5) is 23.2 Å². The maximum Gasteiger partial charge on any atom is 0.420 e. The molecular weight excluding hydrogens is 274 g/mol. The van der Waals surface area contributed by atoms with Crippen LogP contribution in [0, 0.1) is 5.82 Å². The molecular formula is C10H11ClF4NSi+. The normalized spacial score (nSPS) is 12.2. The van der Waals surface area contributed by atoms with Crippen LogP contribution in [0.25, 0.3) is 0 Å². The Balaban J connectivity index is 0.00000256. The zero-order chi connectivity index (χ0) is 12.7. The minimum atomic E-state index is -4.79. The number of rotatable bonds is 1. The third-order valence-electron chi connectivity index (χ3n) is 2.08. The number of hydrogen-bond donors (Lipinski definition) is 0. The number of halogens is 5. The molecule has 0 heterocycles. The highest BCUT2D eigenvalue weighted by Crippen LogP contribution is 2.40. The summed E-state index contributed by atoms with van der Waals surface area (Å²) in [5.41, 5.74) is -1.46. The van der Waals surface area contributed by atoms with Gasteiger partial charge in [0.25, 0.3) is 0 Å². The Kier molecular flexibility index (Phi) is 4.78. The van der Waals surface area contributed by atoms with Crippen molar-refractivity contribution in [2.45, 2.75) is 6.18 Å². The summed E-state index contributed by atoms with van der Waals surface area (Å²) in [6, 6.07) is 2.32. The second-order valence-electron chi connectivity index (χ2n) is 4.27. The second-order valence-corrected chi connectivity index (χ2v) is 4.67. The van der Waals surface area contributed by atoms with Gasteiger partial charge in [-0.05, 0) is 6.07 Å². The maximum absolute atomic E-state index is 13.7. The third kappa shape index (κ3) is 3.43. The summed E-state index contributed by atoms with van der Waals surface area (Å²) >= 11 is 5.37. The van der Waals surface area contributed by atoms with E-state index < -0.39 is 22.6 Å². The average molecular weight is 285 g/mol. The van der Waals surface area contributed by atoms with Crippen molar-refractivity contribution in [2.75, 3.05) is 21.1 Å². The molecule has 0 bridgehead atoms. The van der Waals surface area contributed by atoms with Gasteiger partial charge in [-0.3, -0.25) is 4.48 Å². The molecule has 0 spiro atoms. The first-order chi connectivity index (χ1) is 7.05. The van der Waals surface area contributed by atoms with E-state index in [0.29, 0.717) is 0 Å². The van der Waals surface area contributed by atoms with E-state index in [1.54, 1.807) is 21.1 Å². The van der Waals surface area contributed by atoms with Crippen LogP contribution in [-0.2, 0) is 6.18 Å². The van der Waals surface area contributed by atoms with E-state index in [1.807, 2.05) is 0 Å². The highest BCUT2D eigenvalue weighted by molar-refractivity contribution is 6.31. The number of quaternary nitrogens is 1. The number of hydrogen-bond acceptors (Lipinski definition) is 0. The molecule has 1 aromatic carbocycles. The lowest BCUT2D eigenvalue weighted by Gasteiger charge is -2.25. The fraction of sp³-hybridized carbons (Fsp3) is 0.400. The van der Waals surface area contributed by atoms with E-state index in [2.05, 4.69) is 0 Å². The Morgan fingerprint density at radius 2 is 1.59 bits per heavy atom. The molecule has 0 aliphatic heterocycles. The van der Waals surface area contributed by atoms with Crippen LogP contribution in [0.5, 0.6) is 0 Å². The predicted molar refractivity (Wildman–Crippen MR) is 61.7 cm³/mol. The van der Waals surface area contributed by atoms with Gasteiger partial charge in [0, 0.05) is 17.0 Å². The Labute approximate surface area is 107 Å². The van der Waals surface area contributed by atoms with Crippen molar-refractivity contribution in [3.05, 3.63) is 28.5 Å². The van der Waals surface area contributed by atoms with Gasteiger partial charge in [-0.25, -0.2) is 0 Å². The largest absolute Gasteiger partial charge is 0.420 e. The first-order valence-electron chi connectivity index (χ1n) is 4.42. The van der Waals surface area contributed by atoms with Crippen molar-refractivity contribution in [3.8, 4) is 0 Å². The molecule has 0 aromatic heterocycles. The van der Waals surface area contributed by atoms with E-state index in [4.69, 9.17) is 11.6 Å². The highest BCUT2D eigenvalue weighted by atomic mass is 35.5. The summed E-state index contributed by atoms with van der Waals surface area (Å²) in [6.07, 6.45) is -4.79. The van der Waals surface area contributed by atoms with Gasteiger partial charge in [0.05, 0.1) is 26.2 Å². The molecule has 17 heavy (non-hydrogen) atoms. The molecule has 1 aromatic rings. The fourth-order valence-electron chi connectivity index (χ4n) is 1.32. The van der Waals surface area contributed by atoms with Gasteiger partial charge in [-0.2, -0.15) is 17.6 Å². The summed E-state index contributed by atoms with van der Waals surface area (Å²) in [4.78, 5) is 0. The third-order valence-corrected chi connectivity index (χ3v) is 2.39. The summed E-state index contributed by atoms with van der Waals surface area (Å²) in [5, 5.41) is -0.623. The summed E-state index contributed by atoms with van der Waals surface area (Å²) in [5.74, 6) is -1.31. The molecule has 0 fully saturated rings. The molecule has 1 rings (SSSR count). The molecule has 0 N–H and O–H groups in total. The minimum absolute atomic E-state index is 0. The Bertz CT molecular complexity index is 412. The topological polar surface area (TPSA) is 0 Å². The highest BCUT2D eigenvalue weighted by Gasteiger charge is 2.39. The molecule has 0 saturated carbocycles. The zero-order valence-electron chi connectivity index (χ0n) is 9.49. The summed E-state index contributed by atoms with van der Waals surface area (Å²) in [7, 11) is 4.73. The van der Waals surface area contributed by atoms with Gasteiger partial charge < -0.3 is 0 Å². The van der Waals surface area contributed by atoms with Crippen LogP contribution in [-0.4, -0.2) is 32.1 Å². The fourth-order valence-corrected chi connectivity index (χ4v) is 1.57. The molecule has 0 aliphatic rings. The lowest BCUT2D eigenvalue weighted by atomic mass is 10.1. The molecule has 94 valence electrons. The van der Waals surface area contributed by atoms with Crippen molar-refractivity contribution in [1.82, 2.24) is 4.48 Å². The van der Waals surface area contributed by atoms with E-state index >= 15 is 0 Å². The average Bonchev–Trinajstić information content (AvgIpc) is 1.97. The van der Waals surface area contributed by atoms with E-state index in [-0.39, 0.29) is 21.1 Å². The summed E-state index contributed by atoms with van der Waals surface area (Å²) in [6.45, 7) is 0. The molecule has 0 aliphatic carbocycles. The van der Waals surface area contributed by atoms with Gasteiger partial charge in [0.1, 0.15) is 5.56 Å².